The number of methoxy groups -OCH3 is 1. The smallest absolute Gasteiger partial charge is 0.238 e. The molecule has 1 aromatic carbocycles. The summed E-state index contributed by atoms with van der Waals surface area (Å²) >= 11 is 0. The summed E-state index contributed by atoms with van der Waals surface area (Å²) in [7, 11) is 1.52. The number of hydrogen-bond donors (Lipinski definition) is 0. The van der Waals surface area contributed by atoms with Crippen LogP contribution in [0.15, 0.2) is 36.8 Å². The number of rotatable bonds is 4. The van der Waals surface area contributed by atoms with Gasteiger partial charge in [0, 0.05) is 18.0 Å². The fraction of sp³-hybridized carbons (Fsp3) is 0.154. The maximum atomic E-state index is 11.3. The molecule has 0 saturated heterocycles. The van der Waals surface area contributed by atoms with Crippen LogP contribution in [0.4, 0.5) is 0 Å². The molecule has 18 heavy (non-hydrogen) atoms. The number of Topliss-reactive ketones (excluding diaryl/α,β-unsaturated/α-hetero) is 1. The van der Waals surface area contributed by atoms with E-state index in [0.717, 1.165) is 0 Å². The van der Waals surface area contributed by atoms with Crippen molar-refractivity contribution < 1.29 is 14.3 Å². The average molecular weight is 244 g/mol. The molecule has 0 N–H and O–H groups in total. The van der Waals surface area contributed by atoms with E-state index in [1.807, 2.05) is 0 Å². The van der Waals surface area contributed by atoms with Crippen molar-refractivity contribution in [2.75, 3.05) is 7.11 Å². The Labute approximate surface area is 104 Å². The topological polar surface area (TPSA) is 61.3 Å². The summed E-state index contributed by atoms with van der Waals surface area (Å²) in [6, 6.07) is 4.98. The fourth-order valence-electron chi connectivity index (χ4n) is 1.42. The molecule has 0 saturated carbocycles. The zero-order valence-corrected chi connectivity index (χ0v) is 10.1. The van der Waals surface area contributed by atoms with Gasteiger partial charge in [-0.3, -0.25) is 9.78 Å². The van der Waals surface area contributed by atoms with Crippen molar-refractivity contribution >= 4 is 5.78 Å². The molecule has 5 heteroatoms. The largest absolute Gasteiger partial charge is 0.493 e. The minimum absolute atomic E-state index is 0.0284. The zero-order valence-electron chi connectivity index (χ0n) is 10.1. The van der Waals surface area contributed by atoms with E-state index in [4.69, 9.17) is 9.47 Å². The molecule has 0 aliphatic heterocycles. The third kappa shape index (κ3) is 2.63. The first-order chi connectivity index (χ1) is 8.70. The molecule has 0 bridgehead atoms. The lowest BCUT2D eigenvalue weighted by atomic mass is 10.1. The first-order valence-corrected chi connectivity index (χ1v) is 5.33. The second kappa shape index (κ2) is 5.27. The Kier molecular flexibility index (Phi) is 3.52. The van der Waals surface area contributed by atoms with E-state index < -0.39 is 0 Å². The highest BCUT2D eigenvalue weighted by molar-refractivity contribution is 5.94. The van der Waals surface area contributed by atoms with E-state index >= 15 is 0 Å². The lowest BCUT2D eigenvalue weighted by Crippen LogP contribution is -1.96. The minimum atomic E-state index is -0.0284. The monoisotopic (exact) mass is 244 g/mol. The summed E-state index contributed by atoms with van der Waals surface area (Å²) in [5.41, 5.74) is 0.568. The van der Waals surface area contributed by atoms with E-state index in [1.165, 1.54) is 26.4 Å². The van der Waals surface area contributed by atoms with Crippen molar-refractivity contribution in [2.24, 2.45) is 0 Å². The molecule has 0 fully saturated rings. The summed E-state index contributed by atoms with van der Waals surface area (Å²) in [6.07, 6.45) is 4.59. The van der Waals surface area contributed by atoms with Crippen LogP contribution in [0.25, 0.3) is 0 Å². The second-order valence-electron chi connectivity index (χ2n) is 3.57. The molecule has 1 aromatic heterocycles. The third-order valence-corrected chi connectivity index (χ3v) is 2.32. The van der Waals surface area contributed by atoms with E-state index in [1.54, 1.807) is 24.4 Å². The van der Waals surface area contributed by atoms with Gasteiger partial charge >= 0.3 is 0 Å². The van der Waals surface area contributed by atoms with Crippen LogP contribution in [0.2, 0.25) is 0 Å². The molecule has 1 heterocycles. The summed E-state index contributed by atoms with van der Waals surface area (Å²) in [5.74, 6) is 1.31. The quantitative estimate of drug-likeness (QED) is 0.773. The summed E-state index contributed by atoms with van der Waals surface area (Å²) in [6.45, 7) is 1.50. The number of hydrogen-bond acceptors (Lipinski definition) is 5. The van der Waals surface area contributed by atoms with Gasteiger partial charge in [-0.25, -0.2) is 4.98 Å². The lowest BCUT2D eigenvalue weighted by molar-refractivity contribution is 0.101. The molecule has 0 aliphatic rings. The highest BCUT2D eigenvalue weighted by Gasteiger charge is 2.09. The van der Waals surface area contributed by atoms with Crippen molar-refractivity contribution in [2.45, 2.75) is 6.92 Å². The molecule has 2 aromatic rings. The van der Waals surface area contributed by atoms with Crippen LogP contribution in [-0.2, 0) is 0 Å². The molecule has 5 nitrogen and oxygen atoms in total. The van der Waals surface area contributed by atoms with Gasteiger partial charge in [0.15, 0.2) is 17.3 Å². The summed E-state index contributed by atoms with van der Waals surface area (Å²) in [5, 5.41) is 0. The average Bonchev–Trinajstić information content (AvgIpc) is 2.40. The van der Waals surface area contributed by atoms with Crippen molar-refractivity contribution in [1.29, 1.82) is 0 Å². The standard InChI is InChI=1S/C13H12N2O3/c1-9(16)10-3-4-11(12(7-10)17-2)18-13-8-14-5-6-15-13/h3-8H,1-2H3. The molecule has 0 unspecified atom stereocenters. The first-order valence-electron chi connectivity index (χ1n) is 5.33. The van der Waals surface area contributed by atoms with Gasteiger partial charge in [0.2, 0.25) is 5.88 Å². The van der Waals surface area contributed by atoms with Gasteiger partial charge in [-0.2, -0.15) is 0 Å². The molecule has 0 aliphatic carbocycles. The van der Waals surface area contributed by atoms with Crippen molar-refractivity contribution in [3.63, 3.8) is 0 Å². The molecule has 0 spiro atoms. The van der Waals surface area contributed by atoms with Crippen molar-refractivity contribution in [1.82, 2.24) is 9.97 Å². The Morgan fingerprint density at radius 1 is 1.22 bits per heavy atom. The van der Waals surface area contributed by atoms with Crippen LogP contribution >= 0.6 is 0 Å². The van der Waals surface area contributed by atoms with E-state index in [2.05, 4.69) is 9.97 Å². The first kappa shape index (κ1) is 12.0. The van der Waals surface area contributed by atoms with Crippen molar-refractivity contribution in [3.05, 3.63) is 42.4 Å². The van der Waals surface area contributed by atoms with Crippen LogP contribution in [0.5, 0.6) is 17.4 Å². The maximum absolute atomic E-state index is 11.3. The van der Waals surface area contributed by atoms with Crippen LogP contribution in [0, 0.1) is 0 Å². The van der Waals surface area contributed by atoms with Gasteiger partial charge in [0.1, 0.15) is 0 Å². The van der Waals surface area contributed by atoms with E-state index in [9.17, 15) is 4.79 Å². The molecule has 92 valence electrons. The van der Waals surface area contributed by atoms with Crippen LogP contribution < -0.4 is 9.47 Å². The van der Waals surface area contributed by atoms with E-state index in [0.29, 0.717) is 22.9 Å². The highest BCUT2D eigenvalue weighted by atomic mass is 16.5. The Morgan fingerprint density at radius 2 is 2.06 bits per heavy atom. The molecular formula is C13H12N2O3. The predicted molar refractivity (Wildman–Crippen MR) is 65.1 cm³/mol. The Hall–Kier alpha value is -2.43. The molecular weight excluding hydrogens is 232 g/mol. The third-order valence-electron chi connectivity index (χ3n) is 2.32. The number of aromatic nitrogens is 2. The Bertz CT molecular complexity index is 555. The number of ketones is 1. The normalized spacial score (nSPS) is 9.89. The van der Waals surface area contributed by atoms with Crippen LogP contribution in [0.3, 0.4) is 0 Å². The molecule has 0 radical (unpaired) electrons. The van der Waals surface area contributed by atoms with Gasteiger partial charge in [-0.1, -0.05) is 0 Å². The van der Waals surface area contributed by atoms with Crippen LogP contribution in [0.1, 0.15) is 17.3 Å². The predicted octanol–water partition coefficient (Wildman–Crippen LogP) is 2.48. The molecule has 0 amide bonds. The van der Waals surface area contributed by atoms with Gasteiger partial charge in [0.25, 0.3) is 0 Å². The van der Waals surface area contributed by atoms with Crippen LogP contribution in [-0.4, -0.2) is 22.9 Å². The van der Waals surface area contributed by atoms with Gasteiger partial charge < -0.3 is 9.47 Å². The van der Waals surface area contributed by atoms with Gasteiger partial charge in [0.05, 0.1) is 13.3 Å². The number of carbonyl (C=O) groups excluding carboxylic acids is 1. The van der Waals surface area contributed by atoms with E-state index in [-0.39, 0.29) is 5.78 Å². The maximum Gasteiger partial charge on any atom is 0.238 e. The number of carbonyl (C=O) groups is 1. The zero-order chi connectivity index (χ0) is 13.0. The second-order valence-corrected chi connectivity index (χ2v) is 3.57. The Balaban J connectivity index is 2.31. The fourth-order valence-corrected chi connectivity index (χ4v) is 1.42. The van der Waals surface area contributed by atoms with Crippen molar-refractivity contribution in [3.8, 4) is 17.4 Å². The summed E-state index contributed by atoms with van der Waals surface area (Å²) in [4.78, 5) is 19.2. The number of ether oxygens (including phenoxy) is 2. The van der Waals surface area contributed by atoms with Gasteiger partial charge in [-0.05, 0) is 25.1 Å². The molecule has 2 rings (SSSR count). The van der Waals surface area contributed by atoms with Gasteiger partial charge in [-0.15, -0.1) is 0 Å². The number of nitrogens with zero attached hydrogens (tertiary/aromatic N) is 2. The lowest BCUT2D eigenvalue weighted by Gasteiger charge is -2.09. The minimum Gasteiger partial charge on any atom is -0.493 e. The molecule has 0 atom stereocenters. The Morgan fingerprint density at radius 3 is 2.67 bits per heavy atom. The highest BCUT2D eigenvalue weighted by Crippen LogP contribution is 2.31. The number of benzene rings is 1. The summed E-state index contributed by atoms with van der Waals surface area (Å²) < 4.78 is 10.7. The SMILES string of the molecule is COc1cc(C(C)=O)ccc1Oc1cnccn1.